The van der Waals surface area contributed by atoms with Crippen LogP contribution in [0.3, 0.4) is 0 Å². The number of hydrogen-bond donors (Lipinski definition) is 3. The Bertz CT molecular complexity index is 436. The first kappa shape index (κ1) is 15.1. The third kappa shape index (κ3) is 5.99. The van der Waals surface area contributed by atoms with E-state index in [1.165, 1.54) is 12.4 Å². The molecular weight excluding hydrogens is 287 g/mol. The summed E-state index contributed by atoms with van der Waals surface area (Å²) in [4.78, 5) is 22.6. The molecule has 0 aliphatic carbocycles. The fourth-order valence-electron chi connectivity index (χ4n) is 0.963. The average molecular weight is 297 g/mol. The Morgan fingerprint density at radius 3 is 2.68 bits per heavy atom. The number of aromatic nitrogens is 2. The van der Waals surface area contributed by atoms with Gasteiger partial charge in [-0.2, -0.15) is 13.2 Å². The average Bonchev–Trinajstić information content (AvgIpc) is 2.77. The zero-order chi connectivity index (χ0) is 14.5. The molecule has 0 fully saturated rings. The molecule has 19 heavy (non-hydrogen) atoms. The highest BCUT2D eigenvalue weighted by atomic mass is 32.1. The molecule has 1 aromatic heterocycles. The van der Waals surface area contributed by atoms with E-state index in [1.54, 1.807) is 5.32 Å². The van der Waals surface area contributed by atoms with Crippen LogP contribution in [0.5, 0.6) is 0 Å². The van der Waals surface area contributed by atoms with Gasteiger partial charge in [-0.3, -0.25) is 10.1 Å². The zero-order valence-corrected chi connectivity index (χ0v) is 10.4. The van der Waals surface area contributed by atoms with Gasteiger partial charge in [0.25, 0.3) is 0 Å². The summed E-state index contributed by atoms with van der Waals surface area (Å²) in [6.07, 6.45) is -4.50. The summed E-state index contributed by atoms with van der Waals surface area (Å²) in [6, 6.07) is -1.87. The maximum absolute atomic E-state index is 11.9. The van der Waals surface area contributed by atoms with Crippen LogP contribution in [-0.2, 0) is 4.79 Å². The molecule has 0 aromatic carbocycles. The van der Waals surface area contributed by atoms with Crippen LogP contribution in [0.4, 0.5) is 23.1 Å². The highest BCUT2D eigenvalue weighted by Gasteiger charge is 2.29. The second-order valence-electron chi connectivity index (χ2n) is 3.40. The predicted octanol–water partition coefficient (Wildman–Crippen LogP) is 0.727. The van der Waals surface area contributed by atoms with Gasteiger partial charge in [0.15, 0.2) is 0 Å². The van der Waals surface area contributed by atoms with Crippen LogP contribution in [0.1, 0.15) is 6.92 Å². The van der Waals surface area contributed by atoms with Crippen molar-refractivity contribution in [2.45, 2.75) is 19.1 Å². The van der Waals surface area contributed by atoms with Crippen molar-refractivity contribution in [2.24, 2.45) is 0 Å². The van der Waals surface area contributed by atoms with Crippen molar-refractivity contribution in [3.8, 4) is 0 Å². The number of anilines is 1. The lowest BCUT2D eigenvalue weighted by Gasteiger charge is -2.14. The van der Waals surface area contributed by atoms with E-state index in [9.17, 15) is 22.8 Å². The SMILES string of the molecule is C[C@@H](NC(=O)Nc1nncs1)C(=O)NCC(F)(F)F. The zero-order valence-electron chi connectivity index (χ0n) is 9.61. The van der Waals surface area contributed by atoms with E-state index in [4.69, 9.17) is 0 Å². The number of urea groups is 1. The summed E-state index contributed by atoms with van der Waals surface area (Å²) >= 11 is 1.06. The normalized spacial score (nSPS) is 12.6. The molecule has 1 aromatic rings. The first-order valence-corrected chi connectivity index (χ1v) is 5.84. The first-order valence-electron chi connectivity index (χ1n) is 4.96. The summed E-state index contributed by atoms with van der Waals surface area (Å²) in [5.74, 6) is -0.940. The van der Waals surface area contributed by atoms with Crippen LogP contribution in [0, 0.1) is 0 Å². The second kappa shape index (κ2) is 6.31. The van der Waals surface area contributed by atoms with E-state index in [1.807, 2.05) is 0 Å². The van der Waals surface area contributed by atoms with E-state index in [0.29, 0.717) is 0 Å². The Labute approximate surface area is 109 Å². The Kier molecular flexibility index (Phi) is 5.03. The molecule has 0 aliphatic heterocycles. The fraction of sp³-hybridized carbons (Fsp3) is 0.500. The van der Waals surface area contributed by atoms with E-state index in [-0.39, 0.29) is 5.13 Å². The molecule has 0 radical (unpaired) electrons. The summed E-state index contributed by atoms with van der Waals surface area (Å²) in [7, 11) is 0. The standard InChI is InChI=1S/C8H10F3N5O2S/c1-4(5(17)12-2-8(9,10)11)14-6(18)15-7-16-13-3-19-7/h3-4H,2H2,1H3,(H,12,17)(H2,14,15,16,18)/t4-/m1/s1. The molecule has 0 spiro atoms. The molecular formula is C8H10F3N5O2S. The Balaban J connectivity index is 2.35. The number of halogens is 3. The van der Waals surface area contributed by atoms with Crippen molar-refractivity contribution in [3.63, 3.8) is 0 Å². The molecule has 0 saturated heterocycles. The third-order valence-corrected chi connectivity index (χ3v) is 2.39. The lowest BCUT2D eigenvalue weighted by Crippen LogP contribution is -2.48. The molecule has 0 unspecified atom stereocenters. The molecule has 3 amide bonds. The topological polar surface area (TPSA) is 96.0 Å². The van der Waals surface area contributed by atoms with Gasteiger partial charge in [0.05, 0.1) is 0 Å². The summed E-state index contributed by atoms with van der Waals surface area (Å²) in [5, 5.41) is 13.3. The van der Waals surface area contributed by atoms with Crippen molar-refractivity contribution in [2.75, 3.05) is 11.9 Å². The van der Waals surface area contributed by atoms with E-state index in [2.05, 4.69) is 20.8 Å². The van der Waals surface area contributed by atoms with Crippen LogP contribution < -0.4 is 16.0 Å². The quantitative estimate of drug-likeness (QED) is 0.763. The van der Waals surface area contributed by atoms with Crippen molar-refractivity contribution < 1.29 is 22.8 Å². The van der Waals surface area contributed by atoms with E-state index in [0.717, 1.165) is 11.3 Å². The molecule has 1 rings (SSSR count). The third-order valence-electron chi connectivity index (χ3n) is 1.78. The highest BCUT2D eigenvalue weighted by Crippen LogP contribution is 2.12. The first-order chi connectivity index (χ1) is 8.78. The van der Waals surface area contributed by atoms with Gasteiger partial charge in [-0.1, -0.05) is 11.3 Å². The number of rotatable bonds is 4. The number of nitrogens with one attached hydrogen (secondary N) is 3. The number of amides is 3. The van der Waals surface area contributed by atoms with Crippen LogP contribution in [-0.4, -0.2) is 40.9 Å². The van der Waals surface area contributed by atoms with Crippen LogP contribution in [0.25, 0.3) is 0 Å². The maximum Gasteiger partial charge on any atom is 0.405 e. The molecule has 0 bridgehead atoms. The lowest BCUT2D eigenvalue weighted by atomic mass is 10.3. The van der Waals surface area contributed by atoms with Crippen LogP contribution in [0.15, 0.2) is 5.51 Å². The molecule has 0 aliphatic rings. The predicted molar refractivity (Wildman–Crippen MR) is 60.6 cm³/mol. The molecule has 7 nitrogen and oxygen atoms in total. The van der Waals surface area contributed by atoms with Gasteiger partial charge in [0.1, 0.15) is 18.1 Å². The Morgan fingerprint density at radius 1 is 1.47 bits per heavy atom. The van der Waals surface area contributed by atoms with Crippen LogP contribution >= 0.6 is 11.3 Å². The van der Waals surface area contributed by atoms with Crippen molar-refractivity contribution in [3.05, 3.63) is 5.51 Å². The Hall–Kier alpha value is -1.91. The van der Waals surface area contributed by atoms with E-state index < -0.39 is 30.7 Å². The van der Waals surface area contributed by atoms with Crippen molar-refractivity contribution in [1.82, 2.24) is 20.8 Å². The van der Waals surface area contributed by atoms with Gasteiger partial charge in [-0.05, 0) is 6.92 Å². The minimum Gasteiger partial charge on any atom is -0.345 e. The van der Waals surface area contributed by atoms with Crippen molar-refractivity contribution in [1.29, 1.82) is 0 Å². The summed E-state index contributed by atoms with van der Waals surface area (Å²) in [6.45, 7) is -0.193. The minimum atomic E-state index is -4.50. The number of alkyl halides is 3. The molecule has 11 heteroatoms. The molecule has 3 N–H and O–H groups in total. The maximum atomic E-state index is 11.9. The monoisotopic (exact) mass is 297 g/mol. The van der Waals surface area contributed by atoms with Crippen molar-refractivity contribution >= 4 is 28.4 Å². The number of nitrogens with zero attached hydrogens (tertiary/aromatic N) is 2. The highest BCUT2D eigenvalue weighted by molar-refractivity contribution is 7.13. The fourth-order valence-corrected chi connectivity index (χ4v) is 1.40. The molecule has 106 valence electrons. The van der Waals surface area contributed by atoms with Gasteiger partial charge in [0.2, 0.25) is 11.0 Å². The number of hydrogen-bond acceptors (Lipinski definition) is 5. The van der Waals surface area contributed by atoms with Gasteiger partial charge >= 0.3 is 12.2 Å². The summed E-state index contributed by atoms with van der Waals surface area (Å²) < 4.78 is 35.6. The number of carbonyl (C=O) groups excluding carboxylic acids is 2. The molecule has 1 heterocycles. The lowest BCUT2D eigenvalue weighted by molar-refractivity contribution is -0.139. The summed E-state index contributed by atoms with van der Waals surface area (Å²) in [5.41, 5.74) is 1.38. The smallest absolute Gasteiger partial charge is 0.345 e. The van der Waals surface area contributed by atoms with Gasteiger partial charge in [0, 0.05) is 0 Å². The largest absolute Gasteiger partial charge is 0.405 e. The number of carbonyl (C=O) groups is 2. The Morgan fingerprint density at radius 2 is 2.16 bits per heavy atom. The van der Waals surface area contributed by atoms with Crippen LogP contribution in [0.2, 0.25) is 0 Å². The molecule has 0 saturated carbocycles. The minimum absolute atomic E-state index is 0.209. The molecule has 1 atom stereocenters. The van der Waals surface area contributed by atoms with Gasteiger partial charge in [-0.25, -0.2) is 4.79 Å². The van der Waals surface area contributed by atoms with Gasteiger partial charge < -0.3 is 10.6 Å². The second-order valence-corrected chi connectivity index (χ2v) is 4.23. The van der Waals surface area contributed by atoms with E-state index >= 15 is 0 Å². The van der Waals surface area contributed by atoms with Gasteiger partial charge in [-0.15, -0.1) is 10.2 Å².